The fourth-order valence-corrected chi connectivity index (χ4v) is 2.08. The largest absolute Gasteiger partial charge is 0.254 e. The average Bonchev–Trinajstić information content (AvgIpc) is 2.65. The summed E-state index contributed by atoms with van der Waals surface area (Å²) in [5.41, 5.74) is 1.41. The number of hydrogen-bond acceptors (Lipinski definition) is 3. The monoisotopic (exact) mass is 220 g/mol. The summed E-state index contributed by atoms with van der Waals surface area (Å²) in [5, 5.41) is 8.59. The molecule has 2 aromatic rings. The zero-order valence-electron chi connectivity index (χ0n) is 7.07. The minimum absolute atomic E-state index is 0.566. The molecule has 0 saturated carbocycles. The van der Waals surface area contributed by atoms with E-state index >= 15 is 0 Å². The lowest BCUT2D eigenvalue weighted by Gasteiger charge is -1.94. The Balaban J connectivity index is 2.39. The maximum atomic E-state index is 8.59. The van der Waals surface area contributed by atoms with Crippen LogP contribution >= 0.6 is 22.9 Å². The summed E-state index contributed by atoms with van der Waals surface area (Å²) >= 11 is 7.28. The molecule has 2 nitrogen and oxygen atoms in total. The van der Waals surface area contributed by atoms with Crippen molar-refractivity contribution in [2.24, 2.45) is 0 Å². The van der Waals surface area contributed by atoms with Crippen LogP contribution < -0.4 is 0 Å². The van der Waals surface area contributed by atoms with Crippen molar-refractivity contribution in [2.45, 2.75) is 0 Å². The summed E-state index contributed by atoms with van der Waals surface area (Å²) in [6.45, 7) is 0. The molecule has 2 rings (SSSR count). The van der Waals surface area contributed by atoms with Crippen LogP contribution in [0.3, 0.4) is 0 Å². The Morgan fingerprint density at radius 1 is 1.29 bits per heavy atom. The van der Waals surface area contributed by atoms with Gasteiger partial charge in [0.2, 0.25) is 0 Å². The van der Waals surface area contributed by atoms with Crippen LogP contribution in [0.15, 0.2) is 30.5 Å². The van der Waals surface area contributed by atoms with Gasteiger partial charge < -0.3 is 0 Å². The van der Waals surface area contributed by atoms with E-state index in [0.29, 0.717) is 5.56 Å². The Kier molecular flexibility index (Phi) is 2.49. The third kappa shape index (κ3) is 1.77. The topological polar surface area (TPSA) is 36.7 Å². The molecule has 68 valence electrons. The summed E-state index contributed by atoms with van der Waals surface area (Å²) < 4.78 is 0.742. The third-order valence-electron chi connectivity index (χ3n) is 1.72. The summed E-state index contributed by atoms with van der Waals surface area (Å²) in [5.74, 6) is 0. The highest BCUT2D eigenvalue weighted by Gasteiger charge is 2.02. The van der Waals surface area contributed by atoms with Crippen molar-refractivity contribution in [3.05, 3.63) is 40.4 Å². The van der Waals surface area contributed by atoms with E-state index in [1.807, 2.05) is 24.3 Å². The first-order valence-electron chi connectivity index (χ1n) is 3.91. The van der Waals surface area contributed by atoms with Gasteiger partial charge in [0, 0.05) is 6.20 Å². The van der Waals surface area contributed by atoms with Gasteiger partial charge in [-0.1, -0.05) is 11.6 Å². The SMILES string of the molecule is N#Cc1ccc(-c2ccc(Cl)s2)nc1. The van der Waals surface area contributed by atoms with Crippen molar-refractivity contribution in [1.82, 2.24) is 4.98 Å². The normalized spacial score (nSPS) is 9.71. The van der Waals surface area contributed by atoms with Crippen molar-refractivity contribution in [2.75, 3.05) is 0 Å². The van der Waals surface area contributed by atoms with Crippen molar-refractivity contribution >= 4 is 22.9 Å². The van der Waals surface area contributed by atoms with Crippen molar-refractivity contribution < 1.29 is 0 Å². The molecule has 2 aromatic heterocycles. The second-order valence-electron chi connectivity index (χ2n) is 2.65. The molecule has 0 atom stereocenters. The van der Waals surface area contributed by atoms with Crippen LogP contribution in [0.1, 0.15) is 5.56 Å². The predicted molar refractivity (Wildman–Crippen MR) is 57.3 cm³/mol. The molecule has 0 aromatic carbocycles. The summed E-state index contributed by atoms with van der Waals surface area (Å²) in [7, 11) is 0. The van der Waals surface area contributed by atoms with Gasteiger partial charge in [-0.25, -0.2) is 0 Å². The number of rotatable bonds is 1. The van der Waals surface area contributed by atoms with E-state index in [4.69, 9.17) is 16.9 Å². The minimum Gasteiger partial charge on any atom is -0.254 e. The lowest BCUT2D eigenvalue weighted by Crippen LogP contribution is -1.80. The Morgan fingerprint density at radius 3 is 2.64 bits per heavy atom. The van der Waals surface area contributed by atoms with E-state index in [0.717, 1.165) is 14.9 Å². The Bertz CT molecular complexity index is 482. The van der Waals surface area contributed by atoms with E-state index in [-0.39, 0.29) is 0 Å². The highest BCUT2D eigenvalue weighted by Crippen LogP contribution is 2.29. The standard InChI is InChI=1S/C10H5ClN2S/c11-10-4-3-9(14-10)8-2-1-7(5-12)6-13-8/h1-4,6H. The molecule has 14 heavy (non-hydrogen) atoms. The fraction of sp³-hybridized carbons (Fsp3) is 0. The quantitative estimate of drug-likeness (QED) is 0.739. The number of hydrogen-bond donors (Lipinski definition) is 0. The molecular weight excluding hydrogens is 216 g/mol. The highest BCUT2D eigenvalue weighted by atomic mass is 35.5. The number of aromatic nitrogens is 1. The maximum absolute atomic E-state index is 8.59. The number of halogens is 1. The number of thiophene rings is 1. The lowest BCUT2D eigenvalue weighted by molar-refractivity contribution is 1.31. The molecular formula is C10H5ClN2S. The van der Waals surface area contributed by atoms with Crippen LogP contribution in [0.5, 0.6) is 0 Å². The minimum atomic E-state index is 0.566. The number of pyridine rings is 1. The van der Waals surface area contributed by atoms with Crippen molar-refractivity contribution in [1.29, 1.82) is 5.26 Å². The first kappa shape index (κ1) is 9.20. The molecule has 0 amide bonds. The van der Waals surface area contributed by atoms with E-state index < -0.39 is 0 Å². The fourth-order valence-electron chi connectivity index (χ4n) is 1.06. The predicted octanol–water partition coefficient (Wildman–Crippen LogP) is 3.34. The zero-order chi connectivity index (χ0) is 9.97. The molecule has 0 saturated heterocycles. The summed E-state index contributed by atoms with van der Waals surface area (Å²) in [4.78, 5) is 5.18. The van der Waals surface area contributed by atoms with Gasteiger partial charge in [-0.3, -0.25) is 4.98 Å². The molecule has 0 unspecified atom stereocenters. The van der Waals surface area contributed by atoms with Crippen LogP contribution in [-0.2, 0) is 0 Å². The Labute approximate surface area is 90.4 Å². The lowest BCUT2D eigenvalue weighted by atomic mass is 10.2. The van der Waals surface area contributed by atoms with Gasteiger partial charge in [0.25, 0.3) is 0 Å². The van der Waals surface area contributed by atoms with Gasteiger partial charge in [0.15, 0.2) is 0 Å². The number of nitrogens with zero attached hydrogens (tertiary/aromatic N) is 2. The molecule has 0 aliphatic carbocycles. The van der Waals surface area contributed by atoms with Gasteiger partial charge >= 0.3 is 0 Å². The molecule has 0 N–H and O–H groups in total. The van der Waals surface area contributed by atoms with Gasteiger partial charge in [-0.15, -0.1) is 11.3 Å². The van der Waals surface area contributed by atoms with Crippen molar-refractivity contribution in [3.63, 3.8) is 0 Å². The average molecular weight is 221 g/mol. The zero-order valence-corrected chi connectivity index (χ0v) is 8.64. The molecule has 0 aliphatic heterocycles. The number of nitriles is 1. The summed E-state index contributed by atoms with van der Waals surface area (Å²) in [6.07, 6.45) is 1.56. The maximum Gasteiger partial charge on any atom is 0.101 e. The first-order chi connectivity index (χ1) is 6.79. The van der Waals surface area contributed by atoms with E-state index in [1.54, 1.807) is 12.3 Å². The van der Waals surface area contributed by atoms with Gasteiger partial charge in [0.05, 0.1) is 20.5 Å². The van der Waals surface area contributed by atoms with Gasteiger partial charge in [0.1, 0.15) is 6.07 Å². The molecule has 0 aliphatic rings. The van der Waals surface area contributed by atoms with Crippen LogP contribution in [0, 0.1) is 11.3 Å². The van der Waals surface area contributed by atoms with Crippen molar-refractivity contribution in [3.8, 4) is 16.6 Å². The van der Waals surface area contributed by atoms with Gasteiger partial charge in [-0.05, 0) is 24.3 Å². The molecule has 0 spiro atoms. The first-order valence-corrected chi connectivity index (χ1v) is 5.11. The van der Waals surface area contributed by atoms with E-state index in [1.165, 1.54) is 11.3 Å². The second kappa shape index (κ2) is 3.79. The van der Waals surface area contributed by atoms with Gasteiger partial charge in [-0.2, -0.15) is 5.26 Å². The molecule has 0 radical (unpaired) electrons. The smallest absolute Gasteiger partial charge is 0.101 e. The van der Waals surface area contributed by atoms with Crippen LogP contribution in [0.2, 0.25) is 4.34 Å². The summed E-state index contributed by atoms with van der Waals surface area (Å²) in [6, 6.07) is 9.34. The third-order valence-corrected chi connectivity index (χ3v) is 2.97. The van der Waals surface area contributed by atoms with Crippen LogP contribution in [0.25, 0.3) is 10.6 Å². The van der Waals surface area contributed by atoms with E-state index in [2.05, 4.69) is 4.98 Å². The Morgan fingerprint density at radius 2 is 2.14 bits per heavy atom. The van der Waals surface area contributed by atoms with E-state index in [9.17, 15) is 0 Å². The van der Waals surface area contributed by atoms with Crippen LogP contribution in [0.4, 0.5) is 0 Å². The van der Waals surface area contributed by atoms with Crippen LogP contribution in [-0.4, -0.2) is 4.98 Å². The highest BCUT2D eigenvalue weighted by molar-refractivity contribution is 7.19. The molecule has 0 bridgehead atoms. The second-order valence-corrected chi connectivity index (χ2v) is 4.36. The Hall–Kier alpha value is -1.37. The molecule has 0 fully saturated rings. The molecule has 2 heterocycles. The molecule has 4 heteroatoms.